The Hall–Kier alpha value is -4.29. The molecular formula is C27H30N6O8. The van der Waals surface area contributed by atoms with E-state index in [1.54, 1.807) is 17.0 Å². The Morgan fingerprint density at radius 1 is 1.15 bits per heavy atom. The largest absolute Gasteiger partial charge is 0.465 e. The average molecular weight is 567 g/mol. The molecule has 2 saturated heterocycles. The van der Waals surface area contributed by atoms with Gasteiger partial charge in [-0.05, 0) is 48.9 Å². The molecule has 0 bridgehead atoms. The van der Waals surface area contributed by atoms with E-state index in [0.29, 0.717) is 36.3 Å². The van der Waals surface area contributed by atoms with Gasteiger partial charge in [0.2, 0.25) is 5.82 Å². The highest BCUT2D eigenvalue weighted by Gasteiger charge is 2.44. The van der Waals surface area contributed by atoms with Gasteiger partial charge >= 0.3 is 12.1 Å². The van der Waals surface area contributed by atoms with E-state index in [-0.39, 0.29) is 23.2 Å². The summed E-state index contributed by atoms with van der Waals surface area (Å²) in [4.78, 5) is 38.6. The number of anilines is 1. The fourth-order valence-corrected chi connectivity index (χ4v) is 4.83. The lowest BCUT2D eigenvalue weighted by Crippen LogP contribution is -2.40. The number of fused-ring (bicyclic) bond motifs is 1. The second kappa shape index (κ2) is 12.1. The van der Waals surface area contributed by atoms with Gasteiger partial charge in [-0.15, -0.1) is 0 Å². The number of ether oxygens (including phenoxy) is 3. The molecule has 2 aliphatic rings. The predicted molar refractivity (Wildman–Crippen MR) is 142 cm³/mol. The second-order valence-electron chi connectivity index (χ2n) is 9.81. The van der Waals surface area contributed by atoms with Crippen LogP contribution in [-0.2, 0) is 9.47 Å². The van der Waals surface area contributed by atoms with Crippen LogP contribution in [0.3, 0.4) is 0 Å². The number of nitrogens with zero attached hydrogens (tertiary/aromatic N) is 5. The zero-order valence-electron chi connectivity index (χ0n) is 22.2. The molecule has 2 aromatic heterocycles. The molecule has 5 rings (SSSR count). The maximum Gasteiger partial charge on any atom is 0.415 e. The minimum Gasteiger partial charge on any atom is -0.465 e. The van der Waals surface area contributed by atoms with Crippen molar-refractivity contribution in [2.45, 2.75) is 43.8 Å². The molecule has 0 radical (unpaired) electrons. The summed E-state index contributed by atoms with van der Waals surface area (Å²) < 4.78 is 17.1. The van der Waals surface area contributed by atoms with Gasteiger partial charge in [-0.1, -0.05) is 5.92 Å². The van der Waals surface area contributed by atoms with E-state index in [1.807, 2.05) is 0 Å². The van der Waals surface area contributed by atoms with Crippen LogP contribution in [0.5, 0.6) is 5.75 Å². The first-order valence-electron chi connectivity index (χ1n) is 13.1. The number of esters is 1. The molecule has 14 heteroatoms. The van der Waals surface area contributed by atoms with Gasteiger partial charge in [-0.3, -0.25) is 4.57 Å². The number of methoxy groups -OCH3 is 1. The predicted octanol–water partition coefficient (Wildman–Crippen LogP) is 0.459. The van der Waals surface area contributed by atoms with E-state index in [0.717, 1.165) is 12.8 Å². The smallest absolute Gasteiger partial charge is 0.415 e. The Kier molecular flexibility index (Phi) is 8.31. The first-order chi connectivity index (χ1) is 19.8. The molecule has 4 heterocycles. The van der Waals surface area contributed by atoms with Crippen LogP contribution >= 0.6 is 0 Å². The topological polar surface area (TPSA) is 195 Å². The van der Waals surface area contributed by atoms with Crippen molar-refractivity contribution in [3.05, 3.63) is 42.0 Å². The number of likely N-dealkylation sites (tertiary alicyclic amines) is 1. The van der Waals surface area contributed by atoms with Crippen LogP contribution in [0.4, 0.5) is 10.6 Å². The van der Waals surface area contributed by atoms with E-state index in [9.17, 15) is 24.9 Å². The van der Waals surface area contributed by atoms with Crippen LogP contribution < -0.4 is 10.5 Å². The number of imidazole rings is 1. The van der Waals surface area contributed by atoms with Gasteiger partial charge in [0.25, 0.3) is 0 Å². The lowest BCUT2D eigenvalue weighted by atomic mass is 9.94. The molecule has 1 aromatic carbocycles. The maximum atomic E-state index is 12.6. The van der Waals surface area contributed by atoms with Gasteiger partial charge in [0.05, 0.1) is 25.6 Å². The zero-order valence-corrected chi connectivity index (χ0v) is 22.2. The number of aliphatic hydroxyl groups excluding tert-OH is 3. The number of hydrogen-bond acceptors (Lipinski definition) is 12. The molecule has 0 spiro atoms. The lowest BCUT2D eigenvalue weighted by Gasteiger charge is -2.30. The van der Waals surface area contributed by atoms with E-state index in [4.69, 9.17) is 15.2 Å². The molecule has 1 amide bonds. The van der Waals surface area contributed by atoms with Crippen LogP contribution in [-0.4, -0.2) is 96.9 Å². The summed E-state index contributed by atoms with van der Waals surface area (Å²) in [5.41, 5.74) is 7.01. The van der Waals surface area contributed by atoms with Crippen molar-refractivity contribution in [2.75, 3.05) is 32.5 Å². The first kappa shape index (κ1) is 28.2. The Morgan fingerprint density at radius 2 is 1.88 bits per heavy atom. The number of hydrogen-bond donors (Lipinski definition) is 4. The Balaban J connectivity index is 1.17. The molecule has 2 aliphatic heterocycles. The van der Waals surface area contributed by atoms with E-state index in [2.05, 4.69) is 31.5 Å². The second-order valence-corrected chi connectivity index (χ2v) is 9.81. The number of piperidine rings is 1. The summed E-state index contributed by atoms with van der Waals surface area (Å²) >= 11 is 0. The number of amides is 1. The molecule has 4 atom stereocenters. The highest BCUT2D eigenvalue weighted by molar-refractivity contribution is 5.89. The third-order valence-electron chi connectivity index (χ3n) is 7.18. The van der Waals surface area contributed by atoms with Crippen molar-refractivity contribution < 1.29 is 39.1 Å². The number of aliphatic hydroxyl groups is 3. The van der Waals surface area contributed by atoms with Crippen molar-refractivity contribution in [3.63, 3.8) is 0 Å². The van der Waals surface area contributed by atoms with Gasteiger partial charge in [0.1, 0.15) is 29.6 Å². The Morgan fingerprint density at radius 3 is 2.54 bits per heavy atom. The van der Waals surface area contributed by atoms with Crippen LogP contribution in [0.15, 0.2) is 30.6 Å². The molecular weight excluding hydrogens is 536 g/mol. The van der Waals surface area contributed by atoms with Gasteiger partial charge in [0.15, 0.2) is 17.7 Å². The fourth-order valence-electron chi connectivity index (χ4n) is 4.83. The van der Waals surface area contributed by atoms with Crippen LogP contribution in [0.25, 0.3) is 11.2 Å². The minimum atomic E-state index is -1.30. The summed E-state index contributed by atoms with van der Waals surface area (Å²) in [6, 6.07) is 6.16. The average Bonchev–Trinajstić information content (AvgIpc) is 3.53. The summed E-state index contributed by atoms with van der Waals surface area (Å²) in [7, 11) is 1.30. The zero-order chi connectivity index (χ0) is 29.1. The molecule has 14 nitrogen and oxygen atoms in total. The van der Waals surface area contributed by atoms with Crippen LogP contribution in [0.2, 0.25) is 0 Å². The van der Waals surface area contributed by atoms with Crippen molar-refractivity contribution in [2.24, 2.45) is 5.92 Å². The summed E-state index contributed by atoms with van der Waals surface area (Å²) in [5, 5.41) is 29.9. The number of carbonyl (C=O) groups excluding carboxylic acids is 2. The molecule has 1 unspecified atom stereocenters. The van der Waals surface area contributed by atoms with E-state index < -0.39 is 43.2 Å². The number of benzene rings is 1. The van der Waals surface area contributed by atoms with Crippen molar-refractivity contribution in [1.82, 2.24) is 24.4 Å². The van der Waals surface area contributed by atoms with Crippen molar-refractivity contribution in [1.29, 1.82) is 0 Å². The van der Waals surface area contributed by atoms with Crippen molar-refractivity contribution in [3.8, 4) is 17.6 Å². The van der Waals surface area contributed by atoms with Gasteiger partial charge < -0.3 is 40.2 Å². The molecule has 0 saturated carbocycles. The Bertz CT molecular complexity index is 1470. The van der Waals surface area contributed by atoms with E-state index in [1.165, 1.54) is 30.1 Å². The number of carbonyl (C=O) groups is 2. The minimum absolute atomic E-state index is 0.108. The number of aromatic nitrogens is 4. The SMILES string of the molecule is COC(=O)c1ccc(OC(=O)N2CCC(CC#Cc3nc(N)c4ncn([C@@H]5O[C@H](CO)C(O)[C@@H]5O)c4n3)CC2)cc1. The van der Waals surface area contributed by atoms with Crippen LogP contribution in [0.1, 0.15) is 41.7 Å². The number of nitrogens with two attached hydrogens (primary N) is 1. The molecule has 2 fully saturated rings. The van der Waals surface area contributed by atoms with Crippen molar-refractivity contribution >= 4 is 29.0 Å². The highest BCUT2D eigenvalue weighted by atomic mass is 16.6. The number of nitrogen functional groups attached to an aromatic ring is 1. The molecule has 216 valence electrons. The molecule has 3 aromatic rings. The van der Waals surface area contributed by atoms with Gasteiger partial charge in [-0.2, -0.15) is 0 Å². The summed E-state index contributed by atoms with van der Waals surface area (Å²) in [6.07, 6.45) is -1.56. The monoisotopic (exact) mass is 566 g/mol. The molecule has 41 heavy (non-hydrogen) atoms. The molecule has 0 aliphatic carbocycles. The standard InChI is InChI=1S/C27H30N6O8/c1-39-26(37)16-5-7-17(8-6-16)40-27(38)32-11-9-15(10-12-32)3-2-4-19-30-23(28)20-24(31-19)33(14-29-20)25-22(36)21(35)18(13-34)41-25/h5-8,14-15,18,21-22,25,34-36H,3,9-13H2,1H3,(H2,28,30,31)/t18-,21?,22+,25-/m1/s1. The quantitative estimate of drug-likeness (QED) is 0.246. The first-order valence-corrected chi connectivity index (χ1v) is 13.1. The fraction of sp³-hybridized carbons (Fsp3) is 0.444. The summed E-state index contributed by atoms with van der Waals surface area (Å²) in [5.74, 6) is 6.44. The number of rotatable bonds is 5. The lowest BCUT2D eigenvalue weighted by molar-refractivity contribution is -0.0511. The van der Waals surface area contributed by atoms with Gasteiger partial charge in [0, 0.05) is 19.5 Å². The van der Waals surface area contributed by atoms with E-state index >= 15 is 0 Å². The maximum absolute atomic E-state index is 12.6. The molecule has 5 N–H and O–H groups in total. The summed E-state index contributed by atoms with van der Waals surface area (Å²) in [6.45, 7) is 0.580. The normalized spacial score (nSPS) is 22.8. The third-order valence-corrected chi connectivity index (χ3v) is 7.18. The third kappa shape index (κ3) is 5.93. The van der Waals surface area contributed by atoms with Crippen LogP contribution in [0, 0.1) is 17.8 Å². The Labute approximate surface area is 234 Å². The highest BCUT2D eigenvalue weighted by Crippen LogP contribution is 2.32. The van der Waals surface area contributed by atoms with Gasteiger partial charge in [-0.25, -0.2) is 24.5 Å².